The van der Waals surface area contributed by atoms with Crippen LogP contribution in [0.15, 0.2) is 30.3 Å². The lowest BCUT2D eigenvalue weighted by Crippen LogP contribution is -2.07. The van der Waals surface area contributed by atoms with Gasteiger partial charge in [0.2, 0.25) is 0 Å². The summed E-state index contributed by atoms with van der Waals surface area (Å²) >= 11 is 0. The van der Waals surface area contributed by atoms with Gasteiger partial charge in [0.25, 0.3) is 0 Å². The van der Waals surface area contributed by atoms with Crippen LogP contribution in [0.4, 0.5) is 0 Å². The van der Waals surface area contributed by atoms with Gasteiger partial charge in [-0.15, -0.1) is 0 Å². The van der Waals surface area contributed by atoms with Crippen LogP contribution in [0.25, 0.3) is 11.3 Å². The molecular weight excluding hydrogens is 208 g/mol. The minimum Gasteiger partial charge on any atom is -0.326 e. The molecular formula is C15H16N2. The molecule has 1 aliphatic rings. The number of rotatable bonds is 1. The molecule has 1 aliphatic carbocycles. The molecule has 0 spiro atoms. The lowest BCUT2D eigenvalue weighted by Gasteiger charge is -2.20. The van der Waals surface area contributed by atoms with Crippen LogP contribution in [0, 0.1) is 6.92 Å². The van der Waals surface area contributed by atoms with Crippen molar-refractivity contribution in [1.82, 2.24) is 4.98 Å². The molecule has 0 fully saturated rings. The van der Waals surface area contributed by atoms with Gasteiger partial charge in [0.05, 0.1) is 5.69 Å². The number of pyridine rings is 1. The third-order valence-electron chi connectivity index (χ3n) is 3.45. The van der Waals surface area contributed by atoms with E-state index in [1.165, 1.54) is 22.3 Å². The maximum Gasteiger partial charge on any atom is 0.0740 e. The van der Waals surface area contributed by atoms with E-state index in [4.69, 9.17) is 5.73 Å². The Balaban J connectivity index is 2.22. The van der Waals surface area contributed by atoms with Crippen molar-refractivity contribution in [1.29, 1.82) is 0 Å². The molecule has 2 N–H and O–H groups in total. The Bertz CT molecular complexity index is 573. The molecule has 0 bridgehead atoms. The van der Waals surface area contributed by atoms with Gasteiger partial charge in [-0.1, -0.05) is 18.2 Å². The van der Waals surface area contributed by atoms with Crippen molar-refractivity contribution in [2.24, 2.45) is 5.73 Å². The fourth-order valence-electron chi connectivity index (χ4n) is 2.48. The number of hydrogen-bond acceptors (Lipinski definition) is 2. The summed E-state index contributed by atoms with van der Waals surface area (Å²) in [5, 5.41) is 0. The standard InChI is InChI=1S/C15H16N2/c1-10-2-4-13-7-6-12-5-3-11(9-16)8-14(12)15(13)17-10/h2-5,8H,6-7,9,16H2,1H3. The molecule has 3 rings (SSSR count). The Morgan fingerprint density at radius 1 is 1.12 bits per heavy atom. The summed E-state index contributed by atoms with van der Waals surface area (Å²) in [6.07, 6.45) is 2.20. The number of nitrogens with zero attached hydrogens (tertiary/aromatic N) is 1. The molecule has 2 aromatic rings. The summed E-state index contributed by atoms with van der Waals surface area (Å²) in [7, 11) is 0. The van der Waals surface area contributed by atoms with Crippen LogP contribution in [0.3, 0.4) is 0 Å². The first-order valence-electron chi connectivity index (χ1n) is 6.06. The van der Waals surface area contributed by atoms with E-state index in [-0.39, 0.29) is 0 Å². The monoisotopic (exact) mass is 224 g/mol. The largest absolute Gasteiger partial charge is 0.326 e. The Hall–Kier alpha value is -1.67. The van der Waals surface area contributed by atoms with Gasteiger partial charge < -0.3 is 5.73 Å². The van der Waals surface area contributed by atoms with Crippen molar-refractivity contribution in [2.45, 2.75) is 26.3 Å². The molecule has 2 heteroatoms. The minimum absolute atomic E-state index is 0.592. The molecule has 0 unspecified atom stereocenters. The fourth-order valence-corrected chi connectivity index (χ4v) is 2.48. The van der Waals surface area contributed by atoms with E-state index in [1.807, 2.05) is 6.92 Å². The molecule has 1 aromatic carbocycles. The maximum atomic E-state index is 5.71. The molecule has 2 nitrogen and oxygen atoms in total. The zero-order valence-electron chi connectivity index (χ0n) is 10.0. The van der Waals surface area contributed by atoms with Crippen LogP contribution in [0.5, 0.6) is 0 Å². The Morgan fingerprint density at radius 2 is 1.88 bits per heavy atom. The van der Waals surface area contributed by atoms with Gasteiger partial charge in [0, 0.05) is 17.8 Å². The van der Waals surface area contributed by atoms with E-state index in [0.717, 1.165) is 24.2 Å². The zero-order valence-corrected chi connectivity index (χ0v) is 10.0. The number of nitrogens with two attached hydrogens (primary N) is 1. The predicted octanol–water partition coefficient (Wildman–Crippen LogP) is 2.61. The van der Waals surface area contributed by atoms with Gasteiger partial charge in [-0.05, 0) is 48.6 Å². The summed E-state index contributed by atoms with van der Waals surface area (Å²) in [5.74, 6) is 0. The molecule has 0 atom stereocenters. The van der Waals surface area contributed by atoms with E-state index in [9.17, 15) is 0 Å². The quantitative estimate of drug-likeness (QED) is 0.808. The lowest BCUT2D eigenvalue weighted by molar-refractivity contribution is 0.918. The molecule has 17 heavy (non-hydrogen) atoms. The van der Waals surface area contributed by atoms with E-state index >= 15 is 0 Å². The molecule has 86 valence electrons. The van der Waals surface area contributed by atoms with Crippen LogP contribution in [-0.2, 0) is 19.4 Å². The smallest absolute Gasteiger partial charge is 0.0740 e. The van der Waals surface area contributed by atoms with Gasteiger partial charge in [-0.2, -0.15) is 0 Å². The summed E-state index contributed by atoms with van der Waals surface area (Å²) in [4.78, 5) is 4.69. The summed E-state index contributed by atoms with van der Waals surface area (Å²) in [5.41, 5.74) is 13.2. The van der Waals surface area contributed by atoms with Gasteiger partial charge in [-0.25, -0.2) is 0 Å². The highest BCUT2D eigenvalue weighted by Gasteiger charge is 2.17. The highest BCUT2D eigenvalue weighted by atomic mass is 14.7. The molecule has 0 radical (unpaired) electrons. The maximum absolute atomic E-state index is 5.71. The lowest BCUT2D eigenvalue weighted by atomic mass is 9.88. The number of hydrogen-bond donors (Lipinski definition) is 1. The molecule has 0 saturated heterocycles. The summed E-state index contributed by atoms with van der Waals surface area (Å²) < 4.78 is 0. The SMILES string of the molecule is Cc1ccc2c(n1)-c1cc(CN)ccc1CC2. The average molecular weight is 224 g/mol. The van der Waals surface area contributed by atoms with E-state index in [1.54, 1.807) is 0 Å². The highest BCUT2D eigenvalue weighted by Crippen LogP contribution is 2.32. The first-order valence-corrected chi connectivity index (χ1v) is 6.06. The Morgan fingerprint density at radius 3 is 2.71 bits per heavy atom. The molecule has 0 amide bonds. The Labute approximate surface area is 102 Å². The fraction of sp³-hybridized carbons (Fsp3) is 0.267. The molecule has 1 aromatic heterocycles. The van der Waals surface area contributed by atoms with Crippen molar-refractivity contribution in [2.75, 3.05) is 0 Å². The van der Waals surface area contributed by atoms with Gasteiger partial charge in [0.15, 0.2) is 0 Å². The van der Waals surface area contributed by atoms with E-state index < -0.39 is 0 Å². The van der Waals surface area contributed by atoms with Crippen LogP contribution >= 0.6 is 0 Å². The van der Waals surface area contributed by atoms with E-state index in [2.05, 4.69) is 35.3 Å². The van der Waals surface area contributed by atoms with Crippen molar-refractivity contribution in [3.8, 4) is 11.3 Å². The van der Waals surface area contributed by atoms with Crippen molar-refractivity contribution in [3.63, 3.8) is 0 Å². The third kappa shape index (κ3) is 1.75. The second-order valence-electron chi connectivity index (χ2n) is 4.66. The first kappa shape index (κ1) is 10.5. The second kappa shape index (κ2) is 3.97. The van der Waals surface area contributed by atoms with Gasteiger partial charge in [0.1, 0.15) is 0 Å². The molecule has 1 heterocycles. The van der Waals surface area contributed by atoms with Crippen molar-refractivity contribution >= 4 is 0 Å². The second-order valence-corrected chi connectivity index (χ2v) is 4.66. The highest BCUT2D eigenvalue weighted by molar-refractivity contribution is 5.70. The van der Waals surface area contributed by atoms with Gasteiger partial charge >= 0.3 is 0 Å². The minimum atomic E-state index is 0.592. The number of aryl methyl sites for hydroxylation is 3. The van der Waals surface area contributed by atoms with E-state index in [0.29, 0.717) is 6.54 Å². The van der Waals surface area contributed by atoms with Crippen LogP contribution in [-0.4, -0.2) is 4.98 Å². The number of fused-ring (bicyclic) bond motifs is 3. The van der Waals surface area contributed by atoms with Crippen molar-refractivity contribution < 1.29 is 0 Å². The summed E-state index contributed by atoms with van der Waals surface area (Å²) in [6.45, 7) is 2.63. The predicted molar refractivity (Wildman–Crippen MR) is 69.7 cm³/mol. The zero-order chi connectivity index (χ0) is 11.8. The molecule has 0 aliphatic heterocycles. The normalized spacial score (nSPS) is 13.1. The number of aromatic nitrogens is 1. The summed E-state index contributed by atoms with van der Waals surface area (Å²) in [6, 6.07) is 10.8. The Kier molecular flexibility index (Phi) is 2.45. The van der Waals surface area contributed by atoms with Crippen molar-refractivity contribution in [3.05, 3.63) is 52.7 Å². The molecule has 0 saturated carbocycles. The van der Waals surface area contributed by atoms with Gasteiger partial charge in [-0.3, -0.25) is 4.98 Å². The first-order chi connectivity index (χ1) is 8.28. The van der Waals surface area contributed by atoms with Crippen LogP contribution in [0.2, 0.25) is 0 Å². The number of benzene rings is 1. The average Bonchev–Trinajstić information content (AvgIpc) is 2.38. The van der Waals surface area contributed by atoms with Crippen LogP contribution < -0.4 is 5.73 Å². The topological polar surface area (TPSA) is 38.9 Å². The third-order valence-corrected chi connectivity index (χ3v) is 3.45. The van der Waals surface area contributed by atoms with Crippen LogP contribution in [0.1, 0.15) is 22.4 Å².